The van der Waals surface area contributed by atoms with E-state index in [-0.39, 0.29) is 18.0 Å². The van der Waals surface area contributed by atoms with Gasteiger partial charge in [0, 0.05) is 39.3 Å². The van der Waals surface area contributed by atoms with Gasteiger partial charge in [-0.1, -0.05) is 13.8 Å². The van der Waals surface area contributed by atoms with Gasteiger partial charge in [-0.3, -0.25) is 14.6 Å². The van der Waals surface area contributed by atoms with Gasteiger partial charge in [0.1, 0.15) is 6.04 Å². The molecule has 0 saturated carbocycles. The van der Waals surface area contributed by atoms with Crippen molar-refractivity contribution in [1.82, 2.24) is 14.7 Å². The van der Waals surface area contributed by atoms with Crippen LogP contribution < -0.4 is 0 Å². The summed E-state index contributed by atoms with van der Waals surface area (Å²) >= 11 is 0. The minimum atomic E-state index is -0.0233. The van der Waals surface area contributed by atoms with Crippen LogP contribution in [0.3, 0.4) is 0 Å². The van der Waals surface area contributed by atoms with Crippen molar-refractivity contribution >= 4 is 5.91 Å². The van der Waals surface area contributed by atoms with Crippen LogP contribution in [0.5, 0.6) is 0 Å². The first-order valence-corrected chi connectivity index (χ1v) is 8.21. The van der Waals surface area contributed by atoms with Crippen molar-refractivity contribution in [3.8, 4) is 6.07 Å². The summed E-state index contributed by atoms with van der Waals surface area (Å²) in [6.45, 7) is 11.6. The zero-order chi connectivity index (χ0) is 15.4. The van der Waals surface area contributed by atoms with E-state index in [2.05, 4.69) is 29.7 Å². The molecule has 2 fully saturated rings. The van der Waals surface area contributed by atoms with E-state index < -0.39 is 0 Å². The molecular weight excluding hydrogens is 264 g/mol. The van der Waals surface area contributed by atoms with Crippen molar-refractivity contribution in [2.24, 2.45) is 5.92 Å². The molecule has 0 aromatic rings. The zero-order valence-electron chi connectivity index (χ0n) is 13.6. The molecule has 0 N–H and O–H groups in total. The molecule has 0 aromatic heterocycles. The summed E-state index contributed by atoms with van der Waals surface area (Å²) in [5, 5.41) is 9.29. The monoisotopic (exact) mass is 292 g/mol. The molecule has 2 rings (SSSR count). The van der Waals surface area contributed by atoms with Crippen LogP contribution in [-0.4, -0.2) is 72.0 Å². The van der Waals surface area contributed by atoms with E-state index >= 15 is 0 Å². The molecule has 2 aliphatic rings. The molecule has 1 amide bonds. The average molecular weight is 292 g/mol. The maximum atomic E-state index is 12.4. The Morgan fingerprint density at radius 2 is 1.48 bits per heavy atom. The van der Waals surface area contributed by atoms with Crippen molar-refractivity contribution in [2.75, 3.05) is 39.3 Å². The van der Waals surface area contributed by atoms with E-state index in [0.29, 0.717) is 5.92 Å². The Morgan fingerprint density at radius 3 is 1.95 bits per heavy atom. The number of nitrogens with zero attached hydrogens (tertiary/aromatic N) is 4. The lowest BCUT2D eigenvalue weighted by molar-refractivity contribution is -0.136. The number of carbonyl (C=O) groups is 1. The highest BCUT2D eigenvalue weighted by molar-refractivity contribution is 5.81. The fraction of sp³-hybridized carbons (Fsp3) is 0.875. The standard InChI is InChI=1S/C16H28N4O/c1-13(2)15(12-17)19-10-8-18(9-11-19)14(3)16(21)20-6-4-5-7-20/h13-15H,4-11H2,1-3H3. The third-order valence-corrected chi connectivity index (χ3v) is 4.83. The second-order valence-corrected chi connectivity index (χ2v) is 6.60. The van der Waals surface area contributed by atoms with Crippen molar-refractivity contribution in [1.29, 1.82) is 5.26 Å². The molecule has 2 aliphatic heterocycles. The van der Waals surface area contributed by atoms with Gasteiger partial charge in [0.15, 0.2) is 0 Å². The first-order chi connectivity index (χ1) is 10.0. The summed E-state index contributed by atoms with van der Waals surface area (Å²) in [7, 11) is 0. The quantitative estimate of drug-likeness (QED) is 0.780. The Kier molecular flexibility index (Phi) is 5.60. The smallest absolute Gasteiger partial charge is 0.239 e. The molecule has 5 heteroatoms. The Bertz CT molecular complexity index is 390. The largest absolute Gasteiger partial charge is 0.341 e. The molecule has 2 unspecified atom stereocenters. The third kappa shape index (κ3) is 3.75. The predicted molar refractivity (Wildman–Crippen MR) is 82.7 cm³/mol. The summed E-state index contributed by atoms with van der Waals surface area (Å²) < 4.78 is 0. The number of carbonyl (C=O) groups excluding carboxylic acids is 1. The maximum absolute atomic E-state index is 12.4. The summed E-state index contributed by atoms with van der Waals surface area (Å²) in [6, 6.07) is 2.39. The lowest BCUT2D eigenvalue weighted by Crippen LogP contribution is -2.56. The van der Waals surface area contributed by atoms with E-state index in [1.807, 2.05) is 11.8 Å². The number of hydrogen-bond acceptors (Lipinski definition) is 4. The van der Waals surface area contributed by atoms with Crippen molar-refractivity contribution in [3.63, 3.8) is 0 Å². The molecule has 118 valence electrons. The van der Waals surface area contributed by atoms with Crippen LogP contribution in [0.15, 0.2) is 0 Å². The lowest BCUT2D eigenvalue weighted by atomic mass is 10.0. The molecule has 2 atom stereocenters. The van der Waals surface area contributed by atoms with Gasteiger partial charge in [0.2, 0.25) is 5.91 Å². The summed E-state index contributed by atoms with van der Waals surface area (Å²) in [5.41, 5.74) is 0. The Labute approximate surface area is 128 Å². The average Bonchev–Trinajstić information content (AvgIpc) is 3.01. The van der Waals surface area contributed by atoms with Gasteiger partial charge in [-0.25, -0.2) is 0 Å². The Hall–Kier alpha value is -1.12. The number of rotatable bonds is 4. The lowest BCUT2D eigenvalue weighted by Gasteiger charge is -2.40. The zero-order valence-corrected chi connectivity index (χ0v) is 13.6. The van der Waals surface area contributed by atoms with Gasteiger partial charge in [0.25, 0.3) is 0 Å². The van der Waals surface area contributed by atoms with Gasteiger partial charge >= 0.3 is 0 Å². The Balaban J connectivity index is 1.85. The summed E-state index contributed by atoms with van der Waals surface area (Å²) in [4.78, 5) is 19.0. The van der Waals surface area contributed by atoms with E-state index in [4.69, 9.17) is 0 Å². The maximum Gasteiger partial charge on any atom is 0.239 e. The molecule has 5 nitrogen and oxygen atoms in total. The molecule has 2 saturated heterocycles. The predicted octanol–water partition coefficient (Wildman–Crippen LogP) is 1.16. The number of amides is 1. The first kappa shape index (κ1) is 16.3. The van der Waals surface area contributed by atoms with Crippen molar-refractivity contribution in [2.45, 2.75) is 45.7 Å². The number of nitriles is 1. The van der Waals surface area contributed by atoms with Crippen LogP contribution in [-0.2, 0) is 4.79 Å². The number of piperazine rings is 1. The molecule has 0 aliphatic carbocycles. The second-order valence-electron chi connectivity index (χ2n) is 6.60. The highest BCUT2D eigenvalue weighted by Gasteiger charge is 2.32. The van der Waals surface area contributed by atoms with Gasteiger partial charge in [-0.05, 0) is 25.7 Å². The highest BCUT2D eigenvalue weighted by atomic mass is 16.2. The molecule has 0 radical (unpaired) electrons. The van der Waals surface area contributed by atoms with Crippen LogP contribution >= 0.6 is 0 Å². The molecule has 0 bridgehead atoms. The number of hydrogen-bond donors (Lipinski definition) is 0. The first-order valence-electron chi connectivity index (χ1n) is 8.21. The van der Waals surface area contributed by atoms with Crippen LogP contribution in [0.4, 0.5) is 0 Å². The van der Waals surface area contributed by atoms with Gasteiger partial charge in [-0.2, -0.15) is 5.26 Å². The molecule has 0 spiro atoms. The van der Waals surface area contributed by atoms with E-state index in [0.717, 1.165) is 52.1 Å². The minimum absolute atomic E-state index is 0.00302. The molecular formula is C16H28N4O. The highest BCUT2D eigenvalue weighted by Crippen LogP contribution is 2.17. The SMILES string of the molecule is CC(C)C(C#N)N1CCN(C(C)C(=O)N2CCCC2)CC1. The van der Waals surface area contributed by atoms with E-state index in [1.54, 1.807) is 0 Å². The third-order valence-electron chi connectivity index (χ3n) is 4.83. The van der Waals surface area contributed by atoms with Gasteiger partial charge in [-0.15, -0.1) is 0 Å². The van der Waals surface area contributed by atoms with E-state index in [1.165, 1.54) is 0 Å². The minimum Gasteiger partial charge on any atom is -0.341 e. The van der Waals surface area contributed by atoms with Crippen LogP contribution in [0.1, 0.15) is 33.6 Å². The summed E-state index contributed by atoms with van der Waals surface area (Å²) in [5.74, 6) is 0.631. The topological polar surface area (TPSA) is 50.6 Å². The van der Waals surface area contributed by atoms with E-state index in [9.17, 15) is 10.1 Å². The van der Waals surface area contributed by atoms with Gasteiger partial charge < -0.3 is 4.90 Å². The fourth-order valence-electron chi connectivity index (χ4n) is 3.41. The molecule has 0 aromatic carbocycles. The second kappa shape index (κ2) is 7.24. The normalized spacial score (nSPS) is 24.0. The Morgan fingerprint density at radius 1 is 0.952 bits per heavy atom. The molecule has 2 heterocycles. The van der Waals surface area contributed by atoms with Crippen LogP contribution in [0.25, 0.3) is 0 Å². The van der Waals surface area contributed by atoms with Crippen LogP contribution in [0.2, 0.25) is 0 Å². The van der Waals surface area contributed by atoms with Crippen molar-refractivity contribution < 1.29 is 4.79 Å². The molecule has 21 heavy (non-hydrogen) atoms. The van der Waals surface area contributed by atoms with Crippen LogP contribution in [0, 0.1) is 17.2 Å². The number of likely N-dealkylation sites (tertiary alicyclic amines) is 1. The van der Waals surface area contributed by atoms with Gasteiger partial charge in [0.05, 0.1) is 12.1 Å². The van der Waals surface area contributed by atoms with Crippen molar-refractivity contribution in [3.05, 3.63) is 0 Å². The summed E-state index contributed by atoms with van der Waals surface area (Å²) in [6.07, 6.45) is 2.29. The fourth-order valence-corrected chi connectivity index (χ4v) is 3.41.